The molecule has 0 aromatic heterocycles. The second kappa shape index (κ2) is 5.73. The molecule has 0 spiro atoms. The van der Waals surface area contributed by atoms with E-state index in [-0.39, 0.29) is 6.10 Å². The van der Waals surface area contributed by atoms with Crippen LogP contribution in [0, 0.1) is 0 Å². The maximum absolute atomic E-state index is 9.28. The summed E-state index contributed by atoms with van der Waals surface area (Å²) in [6, 6.07) is 7.81. The Kier molecular flexibility index (Phi) is 4.59. The lowest BCUT2D eigenvalue weighted by Crippen LogP contribution is -2.25. The van der Waals surface area contributed by atoms with E-state index in [2.05, 4.69) is 0 Å². The highest BCUT2D eigenvalue weighted by molar-refractivity contribution is 5.27. The van der Waals surface area contributed by atoms with Crippen molar-refractivity contribution in [2.24, 2.45) is 5.73 Å². The number of aliphatic hydroxyl groups is 1. The molecule has 0 saturated carbocycles. The minimum absolute atomic E-state index is 0.189. The first-order valence-electron chi connectivity index (χ1n) is 5.27. The van der Waals surface area contributed by atoms with Crippen LogP contribution in [0.3, 0.4) is 0 Å². The maximum atomic E-state index is 9.28. The standard InChI is InChI=1S/C12H19NO2/c1-9(14)10(2)15-12-5-3-11(4-6-12)7-8-13/h3-6,9-10,14H,7-8,13H2,1-2H3. The highest BCUT2D eigenvalue weighted by atomic mass is 16.5. The monoisotopic (exact) mass is 209 g/mol. The SMILES string of the molecule is CC(O)C(C)Oc1ccc(CCN)cc1. The molecule has 3 nitrogen and oxygen atoms in total. The predicted octanol–water partition coefficient (Wildman–Crippen LogP) is 1.34. The van der Waals surface area contributed by atoms with Crippen LogP contribution in [-0.4, -0.2) is 23.9 Å². The molecule has 2 atom stereocenters. The van der Waals surface area contributed by atoms with Crippen molar-refractivity contribution in [2.45, 2.75) is 32.5 Å². The van der Waals surface area contributed by atoms with Gasteiger partial charge in [0.15, 0.2) is 0 Å². The lowest BCUT2D eigenvalue weighted by atomic mass is 10.1. The summed E-state index contributed by atoms with van der Waals surface area (Å²) in [5, 5.41) is 9.28. The van der Waals surface area contributed by atoms with Crippen molar-refractivity contribution in [2.75, 3.05) is 6.54 Å². The fraction of sp³-hybridized carbons (Fsp3) is 0.500. The van der Waals surface area contributed by atoms with Crippen LogP contribution >= 0.6 is 0 Å². The van der Waals surface area contributed by atoms with Crippen LogP contribution < -0.4 is 10.5 Å². The molecule has 1 aromatic rings. The van der Waals surface area contributed by atoms with E-state index in [1.165, 1.54) is 5.56 Å². The number of rotatable bonds is 5. The van der Waals surface area contributed by atoms with Gasteiger partial charge in [-0.2, -0.15) is 0 Å². The fourth-order valence-corrected chi connectivity index (χ4v) is 1.21. The Morgan fingerprint density at radius 1 is 1.27 bits per heavy atom. The van der Waals surface area contributed by atoms with E-state index in [1.807, 2.05) is 31.2 Å². The summed E-state index contributed by atoms with van der Waals surface area (Å²) in [4.78, 5) is 0. The summed E-state index contributed by atoms with van der Waals surface area (Å²) in [7, 11) is 0. The Labute approximate surface area is 90.9 Å². The van der Waals surface area contributed by atoms with Crippen LogP contribution in [-0.2, 0) is 6.42 Å². The van der Waals surface area contributed by atoms with Crippen molar-refractivity contribution in [3.8, 4) is 5.75 Å². The van der Waals surface area contributed by atoms with E-state index in [1.54, 1.807) is 6.92 Å². The zero-order valence-corrected chi connectivity index (χ0v) is 9.31. The first-order chi connectivity index (χ1) is 7.13. The zero-order valence-electron chi connectivity index (χ0n) is 9.31. The van der Waals surface area contributed by atoms with Gasteiger partial charge in [0.05, 0.1) is 6.10 Å². The van der Waals surface area contributed by atoms with Crippen molar-refractivity contribution in [1.29, 1.82) is 0 Å². The summed E-state index contributed by atoms with van der Waals surface area (Å²) in [5.74, 6) is 0.782. The largest absolute Gasteiger partial charge is 0.488 e. The average molecular weight is 209 g/mol. The summed E-state index contributed by atoms with van der Waals surface area (Å²) in [6.45, 7) is 4.22. The zero-order chi connectivity index (χ0) is 11.3. The Hall–Kier alpha value is -1.06. The summed E-state index contributed by atoms with van der Waals surface area (Å²) in [6.07, 6.45) is 0.228. The van der Waals surface area contributed by atoms with E-state index in [0.717, 1.165) is 12.2 Å². The molecule has 0 fully saturated rings. The molecular formula is C12H19NO2. The van der Waals surface area contributed by atoms with E-state index < -0.39 is 6.10 Å². The van der Waals surface area contributed by atoms with Crippen LogP contribution in [0.2, 0.25) is 0 Å². The molecule has 1 aromatic carbocycles. The van der Waals surface area contributed by atoms with E-state index in [9.17, 15) is 5.11 Å². The molecular weight excluding hydrogens is 190 g/mol. The van der Waals surface area contributed by atoms with Crippen molar-refractivity contribution in [1.82, 2.24) is 0 Å². The molecule has 3 heteroatoms. The number of aliphatic hydroxyl groups excluding tert-OH is 1. The first-order valence-corrected chi connectivity index (χ1v) is 5.27. The van der Waals surface area contributed by atoms with Crippen molar-refractivity contribution >= 4 is 0 Å². The van der Waals surface area contributed by atoms with Gasteiger partial charge in [0, 0.05) is 0 Å². The Morgan fingerprint density at radius 3 is 2.33 bits per heavy atom. The summed E-state index contributed by atoms with van der Waals surface area (Å²) in [5.41, 5.74) is 6.66. The number of ether oxygens (including phenoxy) is 1. The van der Waals surface area contributed by atoms with Crippen LogP contribution in [0.25, 0.3) is 0 Å². The number of benzene rings is 1. The van der Waals surface area contributed by atoms with Gasteiger partial charge in [-0.05, 0) is 44.5 Å². The second-order valence-corrected chi connectivity index (χ2v) is 3.75. The molecule has 1 rings (SSSR count). The van der Waals surface area contributed by atoms with Gasteiger partial charge in [-0.1, -0.05) is 12.1 Å². The third kappa shape index (κ3) is 3.90. The molecule has 0 radical (unpaired) electrons. The Bertz CT molecular complexity index is 282. The van der Waals surface area contributed by atoms with Gasteiger partial charge in [0.25, 0.3) is 0 Å². The van der Waals surface area contributed by atoms with Gasteiger partial charge in [0.1, 0.15) is 11.9 Å². The third-order valence-electron chi connectivity index (χ3n) is 2.36. The van der Waals surface area contributed by atoms with Gasteiger partial charge >= 0.3 is 0 Å². The summed E-state index contributed by atoms with van der Waals surface area (Å²) < 4.78 is 5.53. The van der Waals surface area contributed by atoms with Gasteiger partial charge in [-0.25, -0.2) is 0 Å². The molecule has 0 heterocycles. The van der Waals surface area contributed by atoms with Gasteiger partial charge in [-0.3, -0.25) is 0 Å². The van der Waals surface area contributed by atoms with Gasteiger partial charge in [0.2, 0.25) is 0 Å². The molecule has 0 saturated heterocycles. The van der Waals surface area contributed by atoms with Gasteiger partial charge < -0.3 is 15.6 Å². The molecule has 0 aliphatic heterocycles. The maximum Gasteiger partial charge on any atom is 0.121 e. The molecule has 0 amide bonds. The molecule has 15 heavy (non-hydrogen) atoms. The van der Waals surface area contributed by atoms with Crippen LogP contribution in [0.5, 0.6) is 5.75 Å². The first kappa shape index (κ1) is 12.0. The molecule has 3 N–H and O–H groups in total. The normalized spacial score (nSPS) is 14.7. The molecule has 84 valence electrons. The number of hydrogen-bond acceptors (Lipinski definition) is 3. The number of hydrogen-bond donors (Lipinski definition) is 2. The minimum atomic E-state index is -0.464. The third-order valence-corrected chi connectivity index (χ3v) is 2.36. The van der Waals surface area contributed by atoms with Crippen molar-refractivity contribution in [3.05, 3.63) is 29.8 Å². The highest BCUT2D eigenvalue weighted by Gasteiger charge is 2.09. The molecule has 0 aliphatic carbocycles. The lowest BCUT2D eigenvalue weighted by Gasteiger charge is -2.17. The molecule has 0 aliphatic rings. The quantitative estimate of drug-likeness (QED) is 0.769. The van der Waals surface area contributed by atoms with E-state index in [4.69, 9.17) is 10.5 Å². The van der Waals surface area contributed by atoms with E-state index in [0.29, 0.717) is 6.54 Å². The van der Waals surface area contributed by atoms with E-state index >= 15 is 0 Å². The fourth-order valence-electron chi connectivity index (χ4n) is 1.21. The number of nitrogens with two attached hydrogens (primary N) is 1. The highest BCUT2D eigenvalue weighted by Crippen LogP contribution is 2.15. The Balaban J connectivity index is 2.56. The van der Waals surface area contributed by atoms with Crippen molar-refractivity contribution in [3.63, 3.8) is 0 Å². The average Bonchev–Trinajstić information content (AvgIpc) is 2.21. The predicted molar refractivity (Wildman–Crippen MR) is 61.0 cm³/mol. The van der Waals surface area contributed by atoms with Crippen LogP contribution in [0.1, 0.15) is 19.4 Å². The van der Waals surface area contributed by atoms with Gasteiger partial charge in [-0.15, -0.1) is 0 Å². The smallest absolute Gasteiger partial charge is 0.121 e. The van der Waals surface area contributed by atoms with Crippen molar-refractivity contribution < 1.29 is 9.84 Å². The topological polar surface area (TPSA) is 55.5 Å². The Morgan fingerprint density at radius 2 is 1.87 bits per heavy atom. The molecule has 2 unspecified atom stereocenters. The molecule has 0 bridgehead atoms. The van der Waals surface area contributed by atoms with Crippen LogP contribution in [0.4, 0.5) is 0 Å². The lowest BCUT2D eigenvalue weighted by molar-refractivity contribution is 0.0604. The summed E-state index contributed by atoms with van der Waals surface area (Å²) >= 11 is 0. The minimum Gasteiger partial charge on any atom is -0.488 e. The second-order valence-electron chi connectivity index (χ2n) is 3.75. The van der Waals surface area contributed by atoms with Crippen LogP contribution in [0.15, 0.2) is 24.3 Å².